The Morgan fingerprint density at radius 2 is 1.43 bits per heavy atom. The lowest BCUT2D eigenvalue weighted by Crippen LogP contribution is -2.23. The van der Waals surface area contributed by atoms with E-state index in [1.165, 1.54) is 11.0 Å². The van der Waals surface area contributed by atoms with E-state index in [0.717, 1.165) is 0 Å². The molecule has 108 valence electrons. The van der Waals surface area contributed by atoms with E-state index in [4.69, 9.17) is 9.05 Å². The van der Waals surface area contributed by atoms with Gasteiger partial charge in [0.05, 0.1) is 19.4 Å². The van der Waals surface area contributed by atoms with Gasteiger partial charge in [0.1, 0.15) is 11.5 Å². The van der Waals surface area contributed by atoms with Crippen LogP contribution in [0.3, 0.4) is 0 Å². The fraction of sp³-hybridized carbons (Fsp3) is 0.133. The van der Waals surface area contributed by atoms with Gasteiger partial charge in [0, 0.05) is 0 Å². The third-order valence-electron chi connectivity index (χ3n) is 2.92. The molecule has 6 heteroatoms. The molecule has 0 fully saturated rings. The highest BCUT2D eigenvalue weighted by Gasteiger charge is 2.37. The number of nitrogens with zero attached hydrogens (tertiary/aromatic N) is 2. The maximum absolute atomic E-state index is 13.1. The molecule has 0 saturated carbocycles. The van der Waals surface area contributed by atoms with Crippen LogP contribution in [0.4, 0.5) is 0 Å². The number of hydrogen-bond donors (Lipinski definition) is 0. The summed E-state index contributed by atoms with van der Waals surface area (Å²) in [4.78, 5) is 4.08. The smallest absolute Gasteiger partial charge is 0.400 e. The second-order valence-electron chi connectivity index (χ2n) is 4.46. The second-order valence-corrected chi connectivity index (χ2v) is 6.28. The van der Waals surface area contributed by atoms with Crippen molar-refractivity contribution in [3.63, 3.8) is 0 Å². The molecule has 5 nitrogen and oxygen atoms in total. The Labute approximate surface area is 123 Å². The van der Waals surface area contributed by atoms with Crippen molar-refractivity contribution in [2.24, 2.45) is 4.99 Å². The van der Waals surface area contributed by atoms with Gasteiger partial charge in [-0.15, -0.1) is 0 Å². The lowest BCUT2D eigenvalue weighted by molar-refractivity contribution is 0.339. The van der Waals surface area contributed by atoms with Crippen molar-refractivity contribution >= 4 is 14.1 Å². The van der Waals surface area contributed by atoms with Crippen LogP contribution in [-0.2, 0) is 4.57 Å². The van der Waals surface area contributed by atoms with E-state index in [1.54, 1.807) is 24.3 Å². The summed E-state index contributed by atoms with van der Waals surface area (Å²) in [7, 11) is -3.53. The zero-order valence-corrected chi connectivity index (χ0v) is 12.2. The molecule has 21 heavy (non-hydrogen) atoms. The van der Waals surface area contributed by atoms with Crippen LogP contribution < -0.4 is 9.05 Å². The standard InChI is InChI=1S/C15H15N2O3P/c18-21(17-12-11-16-13-17,19-14-7-3-1-4-8-14)20-15-9-5-2-6-10-15/h1-10,13H,11-12H2. The van der Waals surface area contributed by atoms with Crippen molar-refractivity contribution < 1.29 is 13.6 Å². The van der Waals surface area contributed by atoms with Crippen LogP contribution in [0, 0.1) is 0 Å². The van der Waals surface area contributed by atoms with Crippen molar-refractivity contribution in [1.82, 2.24) is 4.67 Å². The van der Waals surface area contributed by atoms with Crippen LogP contribution >= 0.6 is 7.75 Å². The summed E-state index contributed by atoms with van der Waals surface area (Å²) in [6, 6.07) is 18.0. The van der Waals surface area contributed by atoms with Gasteiger partial charge in [-0.2, -0.15) is 0 Å². The Morgan fingerprint density at radius 3 is 1.86 bits per heavy atom. The molecular formula is C15H15N2O3P. The van der Waals surface area contributed by atoms with E-state index < -0.39 is 7.75 Å². The number of aliphatic imine (C=N–C) groups is 1. The molecule has 0 spiro atoms. The minimum Gasteiger partial charge on any atom is -0.400 e. The molecule has 0 unspecified atom stereocenters. The first-order chi connectivity index (χ1) is 10.3. The monoisotopic (exact) mass is 302 g/mol. The van der Waals surface area contributed by atoms with Gasteiger partial charge in [0.2, 0.25) is 0 Å². The first-order valence-corrected chi connectivity index (χ1v) is 8.12. The molecule has 1 aliphatic heterocycles. The molecule has 0 radical (unpaired) electrons. The predicted octanol–water partition coefficient (Wildman–Crippen LogP) is 3.60. The number of para-hydroxylation sites is 2. The Morgan fingerprint density at radius 1 is 0.905 bits per heavy atom. The topological polar surface area (TPSA) is 51.1 Å². The summed E-state index contributed by atoms with van der Waals surface area (Å²) < 4.78 is 26.0. The molecule has 0 atom stereocenters. The lowest BCUT2D eigenvalue weighted by Gasteiger charge is -2.25. The predicted molar refractivity (Wildman–Crippen MR) is 81.8 cm³/mol. The normalized spacial score (nSPS) is 14.2. The fourth-order valence-electron chi connectivity index (χ4n) is 1.91. The van der Waals surface area contributed by atoms with Crippen LogP contribution in [-0.4, -0.2) is 24.1 Å². The average molecular weight is 302 g/mol. The van der Waals surface area contributed by atoms with E-state index in [1.807, 2.05) is 36.4 Å². The highest BCUT2D eigenvalue weighted by molar-refractivity contribution is 7.52. The molecule has 0 bridgehead atoms. The SMILES string of the molecule is O=P(Oc1ccccc1)(Oc1ccccc1)N1C=NCC1. The average Bonchev–Trinajstić information content (AvgIpc) is 3.04. The Kier molecular flexibility index (Phi) is 3.93. The molecule has 0 saturated heterocycles. The molecule has 0 aromatic heterocycles. The zero-order chi connectivity index (χ0) is 14.5. The highest BCUT2D eigenvalue weighted by Crippen LogP contribution is 2.51. The summed E-state index contributed by atoms with van der Waals surface area (Å²) in [5, 5.41) is 0. The highest BCUT2D eigenvalue weighted by atomic mass is 31.2. The Balaban J connectivity index is 1.87. The summed E-state index contributed by atoms with van der Waals surface area (Å²) in [5.74, 6) is 0.995. The summed E-state index contributed by atoms with van der Waals surface area (Å²) in [6.07, 6.45) is 1.52. The van der Waals surface area contributed by atoms with Gasteiger partial charge in [0.15, 0.2) is 0 Å². The van der Waals surface area contributed by atoms with Gasteiger partial charge in [0.25, 0.3) is 0 Å². The van der Waals surface area contributed by atoms with Crippen LogP contribution in [0.5, 0.6) is 11.5 Å². The summed E-state index contributed by atoms with van der Waals surface area (Å²) in [5.41, 5.74) is 0. The Bertz CT molecular complexity index is 616. The minimum atomic E-state index is -3.53. The van der Waals surface area contributed by atoms with Crippen LogP contribution in [0.1, 0.15) is 0 Å². The van der Waals surface area contributed by atoms with E-state index >= 15 is 0 Å². The van der Waals surface area contributed by atoms with Gasteiger partial charge in [-0.3, -0.25) is 4.99 Å². The van der Waals surface area contributed by atoms with Gasteiger partial charge in [-0.05, 0) is 24.3 Å². The van der Waals surface area contributed by atoms with Crippen molar-refractivity contribution in [2.75, 3.05) is 13.1 Å². The van der Waals surface area contributed by atoms with Crippen LogP contribution in [0.25, 0.3) is 0 Å². The molecule has 3 rings (SSSR count). The Hall–Kier alpha value is -2.26. The molecule has 2 aromatic rings. The van der Waals surface area contributed by atoms with E-state index in [0.29, 0.717) is 24.6 Å². The number of hydrogen-bond acceptors (Lipinski definition) is 4. The third-order valence-corrected chi connectivity index (χ3v) is 4.73. The van der Waals surface area contributed by atoms with Crippen molar-refractivity contribution in [1.29, 1.82) is 0 Å². The second kappa shape index (κ2) is 6.02. The minimum absolute atomic E-state index is 0.497. The van der Waals surface area contributed by atoms with Gasteiger partial charge < -0.3 is 9.05 Å². The lowest BCUT2D eigenvalue weighted by atomic mass is 10.3. The van der Waals surface area contributed by atoms with E-state index in [-0.39, 0.29) is 0 Å². The molecular weight excluding hydrogens is 287 g/mol. The van der Waals surface area contributed by atoms with E-state index in [9.17, 15) is 4.57 Å². The van der Waals surface area contributed by atoms with Gasteiger partial charge >= 0.3 is 7.75 Å². The molecule has 0 amide bonds. The first kappa shape index (κ1) is 13.7. The molecule has 1 aliphatic rings. The van der Waals surface area contributed by atoms with Gasteiger partial charge in [-0.25, -0.2) is 9.24 Å². The molecule has 1 heterocycles. The van der Waals surface area contributed by atoms with Crippen molar-refractivity contribution in [3.8, 4) is 11.5 Å². The first-order valence-electron chi connectivity index (χ1n) is 6.63. The van der Waals surface area contributed by atoms with Gasteiger partial charge in [-0.1, -0.05) is 36.4 Å². The fourth-order valence-corrected chi connectivity index (χ4v) is 3.47. The number of benzene rings is 2. The zero-order valence-electron chi connectivity index (χ0n) is 11.3. The molecule has 0 N–H and O–H groups in total. The van der Waals surface area contributed by atoms with Crippen LogP contribution in [0.15, 0.2) is 65.7 Å². The summed E-state index contributed by atoms with van der Waals surface area (Å²) in [6.45, 7) is 1.09. The molecule has 2 aromatic carbocycles. The quantitative estimate of drug-likeness (QED) is 0.792. The maximum Gasteiger partial charge on any atom is 0.545 e. The van der Waals surface area contributed by atoms with Crippen molar-refractivity contribution in [3.05, 3.63) is 60.7 Å². The maximum atomic E-state index is 13.1. The molecule has 0 aliphatic carbocycles. The largest absolute Gasteiger partial charge is 0.545 e. The number of rotatable bonds is 5. The van der Waals surface area contributed by atoms with Crippen molar-refractivity contribution in [2.45, 2.75) is 0 Å². The summed E-state index contributed by atoms with van der Waals surface area (Å²) >= 11 is 0. The van der Waals surface area contributed by atoms with Crippen LogP contribution in [0.2, 0.25) is 0 Å². The third kappa shape index (κ3) is 3.26. The van der Waals surface area contributed by atoms with E-state index in [2.05, 4.69) is 4.99 Å².